The Morgan fingerprint density at radius 2 is 1.56 bits per heavy atom. The van der Waals surface area contributed by atoms with E-state index in [0.717, 1.165) is 17.0 Å². The molecule has 0 aliphatic rings. The second-order valence-corrected chi connectivity index (χ2v) is 4.17. The summed E-state index contributed by atoms with van der Waals surface area (Å²) in [5.41, 5.74) is 3.53. The minimum atomic E-state index is 0.0596. The first-order valence-corrected chi connectivity index (χ1v) is 5.88. The van der Waals surface area contributed by atoms with Crippen LogP contribution >= 0.6 is 0 Å². The lowest BCUT2D eigenvalue weighted by Crippen LogP contribution is -1.94. The Morgan fingerprint density at radius 1 is 0.889 bits per heavy atom. The predicted octanol–water partition coefficient (Wildman–Crippen LogP) is 4.03. The highest BCUT2D eigenvalue weighted by Crippen LogP contribution is 2.16. The smallest absolute Gasteiger partial charge is 0.159 e. The van der Waals surface area contributed by atoms with Crippen LogP contribution in [-0.4, -0.2) is 11.5 Å². The van der Waals surface area contributed by atoms with E-state index >= 15 is 0 Å². The third-order valence-corrected chi connectivity index (χ3v) is 2.74. The highest BCUT2D eigenvalue weighted by molar-refractivity contribution is 6.00. The summed E-state index contributed by atoms with van der Waals surface area (Å²) in [6.07, 6.45) is 0. The van der Waals surface area contributed by atoms with Gasteiger partial charge in [-0.05, 0) is 31.5 Å². The molecule has 0 N–H and O–H groups in total. The molecule has 0 radical (unpaired) electrons. The zero-order chi connectivity index (χ0) is 13.0. The zero-order valence-electron chi connectivity index (χ0n) is 10.6. The second-order valence-electron chi connectivity index (χ2n) is 4.17. The van der Waals surface area contributed by atoms with E-state index in [-0.39, 0.29) is 5.78 Å². The summed E-state index contributed by atoms with van der Waals surface area (Å²) in [6.45, 7) is 3.53. The third kappa shape index (κ3) is 2.92. The first-order valence-electron chi connectivity index (χ1n) is 5.88. The van der Waals surface area contributed by atoms with Crippen LogP contribution in [0.15, 0.2) is 59.6 Å². The third-order valence-electron chi connectivity index (χ3n) is 2.74. The van der Waals surface area contributed by atoms with Crippen molar-refractivity contribution in [2.45, 2.75) is 13.8 Å². The Bertz CT molecular complexity index is 585. The highest BCUT2D eigenvalue weighted by atomic mass is 16.1. The topological polar surface area (TPSA) is 29.4 Å². The Kier molecular flexibility index (Phi) is 3.68. The van der Waals surface area contributed by atoms with Gasteiger partial charge in [-0.1, -0.05) is 42.5 Å². The highest BCUT2D eigenvalue weighted by Gasteiger charge is 2.01. The normalized spacial score (nSPS) is 11.3. The number of hydrogen-bond donors (Lipinski definition) is 0. The molecule has 2 rings (SSSR count). The average Bonchev–Trinajstić information content (AvgIpc) is 2.40. The monoisotopic (exact) mass is 237 g/mol. The minimum absolute atomic E-state index is 0.0596. The van der Waals surface area contributed by atoms with Gasteiger partial charge in [0.25, 0.3) is 0 Å². The molecule has 90 valence electrons. The van der Waals surface area contributed by atoms with Crippen molar-refractivity contribution in [3.05, 3.63) is 65.7 Å². The second kappa shape index (κ2) is 5.41. The fourth-order valence-corrected chi connectivity index (χ4v) is 1.73. The summed E-state index contributed by atoms with van der Waals surface area (Å²) in [7, 11) is 0. The standard InChI is InChI=1S/C16H15NO/c1-12(14-7-4-3-5-8-14)17-16-10-6-9-15(11-16)13(2)18/h3-11H,1-2H3/b17-12+. The van der Waals surface area contributed by atoms with Crippen LogP contribution in [0.4, 0.5) is 5.69 Å². The molecule has 2 nitrogen and oxygen atoms in total. The molecule has 0 atom stereocenters. The van der Waals surface area contributed by atoms with E-state index in [1.54, 1.807) is 13.0 Å². The van der Waals surface area contributed by atoms with Crippen molar-refractivity contribution in [1.29, 1.82) is 0 Å². The molecular weight excluding hydrogens is 222 g/mol. The molecule has 0 aliphatic carbocycles. The lowest BCUT2D eigenvalue weighted by Gasteiger charge is -2.02. The Morgan fingerprint density at radius 3 is 2.22 bits per heavy atom. The van der Waals surface area contributed by atoms with Crippen molar-refractivity contribution < 1.29 is 4.79 Å². The van der Waals surface area contributed by atoms with Crippen LogP contribution in [-0.2, 0) is 0 Å². The maximum Gasteiger partial charge on any atom is 0.159 e. The van der Waals surface area contributed by atoms with Crippen molar-refractivity contribution in [2.75, 3.05) is 0 Å². The van der Waals surface area contributed by atoms with E-state index in [1.165, 1.54) is 0 Å². The number of hydrogen-bond acceptors (Lipinski definition) is 2. The molecule has 0 saturated heterocycles. The van der Waals surface area contributed by atoms with Crippen molar-refractivity contribution in [3.63, 3.8) is 0 Å². The molecule has 0 aromatic heterocycles. The number of carbonyl (C=O) groups is 1. The number of benzene rings is 2. The minimum Gasteiger partial charge on any atom is -0.295 e. The number of rotatable bonds is 3. The zero-order valence-corrected chi connectivity index (χ0v) is 10.6. The van der Waals surface area contributed by atoms with Gasteiger partial charge in [0, 0.05) is 11.3 Å². The molecule has 2 aromatic carbocycles. The Labute approximate surface area is 107 Å². The summed E-state index contributed by atoms with van der Waals surface area (Å²) in [5.74, 6) is 0.0596. The Hall–Kier alpha value is -2.22. The molecule has 0 fully saturated rings. The molecule has 0 saturated carbocycles. The molecule has 2 aromatic rings. The van der Waals surface area contributed by atoms with Crippen molar-refractivity contribution in [2.24, 2.45) is 4.99 Å². The van der Waals surface area contributed by atoms with Crippen LogP contribution in [0.1, 0.15) is 29.8 Å². The first kappa shape index (κ1) is 12.2. The van der Waals surface area contributed by atoms with Gasteiger partial charge in [-0.3, -0.25) is 9.79 Å². The number of nitrogens with zero attached hydrogens (tertiary/aromatic N) is 1. The van der Waals surface area contributed by atoms with Crippen LogP contribution < -0.4 is 0 Å². The summed E-state index contributed by atoms with van der Waals surface area (Å²) in [4.78, 5) is 15.8. The van der Waals surface area contributed by atoms with Gasteiger partial charge >= 0.3 is 0 Å². The molecule has 0 spiro atoms. The maximum atomic E-state index is 11.3. The molecule has 0 amide bonds. The van der Waals surface area contributed by atoms with E-state index in [2.05, 4.69) is 4.99 Å². The maximum absolute atomic E-state index is 11.3. The first-order chi connectivity index (χ1) is 8.66. The summed E-state index contributed by atoms with van der Waals surface area (Å²) in [6, 6.07) is 17.4. The molecule has 0 aliphatic heterocycles. The van der Waals surface area contributed by atoms with Crippen LogP contribution in [0.25, 0.3) is 0 Å². The van der Waals surface area contributed by atoms with Gasteiger partial charge in [0.1, 0.15) is 0 Å². The molecular formula is C16H15NO. The fourth-order valence-electron chi connectivity index (χ4n) is 1.73. The molecule has 2 heteroatoms. The van der Waals surface area contributed by atoms with Gasteiger partial charge in [-0.15, -0.1) is 0 Å². The van der Waals surface area contributed by atoms with Crippen LogP contribution in [0.5, 0.6) is 0 Å². The number of Topliss-reactive ketones (excluding diaryl/α,β-unsaturated/α-hetero) is 1. The number of ketones is 1. The van der Waals surface area contributed by atoms with Crippen LogP contribution in [0, 0.1) is 0 Å². The number of carbonyl (C=O) groups excluding carboxylic acids is 1. The van der Waals surface area contributed by atoms with Crippen LogP contribution in [0.2, 0.25) is 0 Å². The quantitative estimate of drug-likeness (QED) is 0.585. The summed E-state index contributed by atoms with van der Waals surface area (Å²) < 4.78 is 0. The lowest BCUT2D eigenvalue weighted by atomic mass is 10.1. The van der Waals surface area contributed by atoms with Gasteiger partial charge in [0.2, 0.25) is 0 Å². The SMILES string of the molecule is CC(=O)c1cccc(/N=C(\C)c2ccccc2)c1. The van der Waals surface area contributed by atoms with Gasteiger partial charge in [-0.2, -0.15) is 0 Å². The predicted molar refractivity (Wildman–Crippen MR) is 74.8 cm³/mol. The molecule has 0 unspecified atom stereocenters. The van der Waals surface area contributed by atoms with Gasteiger partial charge < -0.3 is 0 Å². The van der Waals surface area contributed by atoms with Gasteiger partial charge in [0.05, 0.1) is 5.69 Å². The Balaban J connectivity index is 2.33. The fraction of sp³-hybridized carbons (Fsp3) is 0.125. The molecule has 0 heterocycles. The summed E-state index contributed by atoms with van der Waals surface area (Å²) in [5, 5.41) is 0. The van der Waals surface area contributed by atoms with E-state index in [0.29, 0.717) is 5.56 Å². The van der Waals surface area contributed by atoms with Crippen molar-refractivity contribution >= 4 is 17.2 Å². The lowest BCUT2D eigenvalue weighted by molar-refractivity contribution is 0.101. The van der Waals surface area contributed by atoms with Gasteiger partial charge in [0.15, 0.2) is 5.78 Å². The molecule has 0 bridgehead atoms. The summed E-state index contributed by atoms with van der Waals surface area (Å²) >= 11 is 0. The van der Waals surface area contributed by atoms with Crippen molar-refractivity contribution in [3.8, 4) is 0 Å². The van der Waals surface area contributed by atoms with E-state index in [9.17, 15) is 4.79 Å². The molecule has 18 heavy (non-hydrogen) atoms. The van der Waals surface area contributed by atoms with Crippen LogP contribution in [0.3, 0.4) is 0 Å². The average molecular weight is 237 g/mol. The number of aliphatic imine (C=N–C) groups is 1. The van der Waals surface area contributed by atoms with E-state index < -0.39 is 0 Å². The largest absolute Gasteiger partial charge is 0.295 e. The van der Waals surface area contributed by atoms with E-state index in [1.807, 2.05) is 55.5 Å². The van der Waals surface area contributed by atoms with Gasteiger partial charge in [-0.25, -0.2) is 0 Å². The van der Waals surface area contributed by atoms with E-state index in [4.69, 9.17) is 0 Å². The van der Waals surface area contributed by atoms with Crippen molar-refractivity contribution in [1.82, 2.24) is 0 Å².